The van der Waals surface area contributed by atoms with Crippen LogP contribution in [0, 0.1) is 5.92 Å². The second-order valence-corrected chi connectivity index (χ2v) is 5.13. The van der Waals surface area contributed by atoms with Gasteiger partial charge in [-0.1, -0.05) is 31.5 Å². The largest absolute Gasteiger partial charge is 0.496 e. The van der Waals surface area contributed by atoms with E-state index in [1.165, 1.54) is 0 Å². The second kappa shape index (κ2) is 8.02. The Morgan fingerprint density at radius 3 is 2.79 bits per heavy atom. The van der Waals surface area contributed by atoms with E-state index in [0.29, 0.717) is 24.0 Å². The SMILES string of the molecule is COc1cccc(Cl)c1CNCC(=O)NCC(C)C. The number of hydrogen-bond acceptors (Lipinski definition) is 3. The van der Waals surface area contributed by atoms with Crippen molar-refractivity contribution in [2.24, 2.45) is 5.92 Å². The molecule has 0 saturated carbocycles. The first kappa shape index (κ1) is 15.8. The predicted molar refractivity (Wildman–Crippen MR) is 77.6 cm³/mol. The second-order valence-electron chi connectivity index (χ2n) is 4.72. The molecule has 5 heteroatoms. The molecular formula is C14H21ClN2O2. The number of carbonyl (C=O) groups is 1. The molecule has 0 aromatic heterocycles. The molecule has 1 amide bonds. The highest BCUT2D eigenvalue weighted by Gasteiger charge is 2.08. The van der Waals surface area contributed by atoms with Gasteiger partial charge in [0.15, 0.2) is 0 Å². The van der Waals surface area contributed by atoms with Crippen molar-refractivity contribution in [3.63, 3.8) is 0 Å². The van der Waals surface area contributed by atoms with Crippen LogP contribution in [-0.4, -0.2) is 26.1 Å². The minimum Gasteiger partial charge on any atom is -0.496 e. The number of rotatable bonds is 7. The van der Waals surface area contributed by atoms with Crippen LogP contribution in [0.5, 0.6) is 5.75 Å². The molecule has 106 valence electrons. The zero-order chi connectivity index (χ0) is 14.3. The van der Waals surface area contributed by atoms with Crippen molar-refractivity contribution in [1.82, 2.24) is 10.6 Å². The van der Waals surface area contributed by atoms with E-state index in [1.807, 2.05) is 12.1 Å². The quantitative estimate of drug-likeness (QED) is 0.807. The van der Waals surface area contributed by atoms with Gasteiger partial charge in [-0.25, -0.2) is 0 Å². The number of benzene rings is 1. The molecule has 0 radical (unpaired) electrons. The smallest absolute Gasteiger partial charge is 0.233 e. The van der Waals surface area contributed by atoms with Gasteiger partial charge < -0.3 is 15.4 Å². The number of methoxy groups -OCH3 is 1. The Balaban J connectivity index is 2.43. The van der Waals surface area contributed by atoms with Crippen LogP contribution < -0.4 is 15.4 Å². The van der Waals surface area contributed by atoms with E-state index in [4.69, 9.17) is 16.3 Å². The molecule has 1 aromatic rings. The third-order valence-corrected chi connectivity index (χ3v) is 2.94. The summed E-state index contributed by atoms with van der Waals surface area (Å²) in [6.07, 6.45) is 0. The van der Waals surface area contributed by atoms with E-state index >= 15 is 0 Å². The van der Waals surface area contributed by atoms with Gasteiger partial charge in [0.1, 0.15) is 5.75 Å². The maximum Gasteiger partial charge on any atom is 0.233 e. The maximum atomic E-state index is 11.5. The van der Waals surface area contributed by atoms with E-state index in [9.17, 15) is 4.79 Å². The highest BCUT2D eigenvalue weighted by Crippen LogP contribution is 2.25. The molecule has 0 aliphatic carbocycles. The minimum atomic E-state index is -0.0141. The van der Waals surface area contributed by atoms with E-state index < -0.39 is 0 Å². The lowest BCUT2D eigenvalue weighted by molar-refractivity contribution is -0.120. The summed E-state index contributed by atoms with van der Waals surface area (Å²) in [5.41, 5.74) is 0.864. The third-order valence-electron chi connectivity index (χ3n) is 2.59. The Labute approximate surface area is 119 Å². The molecule has 4 nitrogen and oxygen atoms in total. The highest BCUT2D eigenvalue weighted by atomic mass is 35.5. The Bertz CT molecular complexity index is 422. The number of carbonyl (C=O) groups excluding carboxylic acids is 1. The molecule has 0 spiro atoms. The Hall–Kier alpha value is -1.26. The van der Waals surface area contributed by atoms with E-state index in [1.54, 1.807) is 13.2 Å². The first-order valence-corrected chi connectivity index (χ1v) is 6.71. The molecular weight excluding hydrogens is 264 g/mol. The summed E-state index contributed by atoms with van der Waals surface area (Å²) < 4.78 is 5.24. The normalized spacial score (nSPS) is 10.6. The molecule has 0 heterocycles. The lowest BCUT2D eigenvalue weighted by Gasteiger charge is -2.12. The molecule has 19 heavy (non-hydrogen) atoms. The van der Waals surface area contributed by atoms with Crippen LogP contribution in [0.2, 0.25) is 5.02 Å². The topological polar surface area (TPSA) is 50.4 Å². The van der Waals surface area contributed by atoms with Gasteiger partial charge in [0.25, 0.3) is 0 Å². The number of ether oxygens (including phenoxy) is 1. The van der Waals surface area contributed by atoms with Crippen molar-refractivity contribution in [1.29, 1.82) is 0 Å². The standard InChI is InChI=1S/C14H21ClN2O2/c1-10(2)7-17-14(18)9-16-8-11-12(15)5-4-6-13(11)19-3/h4-6,10,16H,7-9H2,1-3H3,(H,17,18). The summed E-state index contributed by atoms with van der Waals surface area (Å²) in [7, 11) is 1.60. The van der Waals surface area contributed by atoms with E-state index in [-0.39, 0.29) is 12.5 Å². The zero-order valence-electron chi connectivity index (χ0n) is 11.6. The molecule has 0 saturated heterocycles. The minimum absolute atomic E-state index is 0.0141. The number of hydrogen-bond donors (Lipinski definition) is 2. The van der Waals surface area contributed by atoms with Crippen LogP contribution in [0.4, 0.5) is 0 Å². The predicted octanol–water partition coefficient (Wildman–Crippen LogP) is 2.21. The van der Waals surface area contributed by atoms with Gasteiger partial charge in [-0.05, 0) is 18.1 Å². The van der Waals surface area contributed by atoms with Gasteiger partial charge in [0, 0.05) is 23.7 Å². The Kier molecular flexibility index (Phi) is 6.67. The Morgan fingerprint density at radius 2 is 2.16 bits per heavy atom. The zero-order valence-corrected chi connectivity index (χ0v) is 12.4. The Morgan fingerprint density at radius 1 is 1.42 bits per heavy atom. The van der Waals surface area contributed by atoms with Crippen molar-refractivity contribution >= 4 is 17.5 Å². The van der Waals surface area contributed by atoms with Gasteiger partial charge in [-0.3, -0.25) is 4.79 Å². The molecule has 0 atom stereocenters. The lowest BCUT2D eigenvalue weighted by Crippen LogP contribution is -2.35. The number of halogens is 1. The monoisotopic (exact) mass is 284 g/mol. The summed E-state index contributed by atoms with van der Waals surface area (Å²) in [6.45, 7) is 5.57. The molecule has 1 aromatic carbocycles. The molecule has 0 aliphatic rings. The van der Waals surface area contributed by atoms with Crippen LogP contribution in [0.15, 0.2) is 18.2 Å². The van der Waals surface area contributed by atoms with Crippen LogP contribution >= 0.6 is 11.6 Å². The molecule has 2 N–H and O–H groups in total. The summed E-state index contributed by atoms with van der Waals surface area (Å²) in [4.78, 5) is 11.5. The fourth-order valence-electron chi connectivity index (χ4n) is 1.58. The summed E-state index contributed by atoms with van der Waals surface area (Å²) in [6, 6.07) is 5.49. The molecule has 1 rings (SSSR count). The molecule has 0 bridgehead atoms. The van der Waals surface area contributed by atoms with E-state index in [0.717, 1.165) is 11.3 Å². The van der Waals surface area contributed by atoms with Crippen LogP contribution in [0.1, 0.15) is 19.4 Å². The number of nitrogens with one attached hydrogen (secondary N) is 2. The average Bonchev–Trinajstić information content (AvgIpc) is 2.38. The lowest BCUT2D eigenvalue weighted by atomic mass is 10.2. The summed E-state index contributed by atoms with van der Waals surface area (Å²) in [5.74, 6) is 1.16. The van der Waals surface area contributed by atoms with Gasteiger partial charge in [-0.2, -0.15) is 0 Å². The van der Waals surface area contributed by atoms with Crippen molar-refractivity contribution in [3.8, 4) is 5.75 Å². The molecule has 0 fully saturated rings. The van der Waals surface area contributed by atoms with Crippen LogP contribution in [0.3, 0.4) is 0 Å². The van der Waals surface area contributed by atoms with Gasteiger partial charge in [0.05, 0.1) is 13.7 Å². The fraction of sp³-hybridized carbons (Fsp3) is 0.500. The van der Waals surface area contributed by atoms with E-state index in [2.05, 4.69) is 24.5 Å². The molecule has 0 aliphatic heterocycles. The summed E-state index contributed by atoms with van der Waals surface area (Å²) in [5, 5.41) is 6.54. The number of amides is 1. The maximum absolute atomic E-state index is 11.5. The fourth-order valence-corrected chi connectivity index (χ4v) is 1.82. The van der Waals surface area contributed by atoms with Crippen molar-refractivity contribution in [3.05, 3.63) is 28.8 Å². The molecule has 0 unspecified atom stereocenters. The van der Waals surface area contributed by atoms with Crippen molar-refractivity contribution in [2.45, 2.75) is 20.4 Å². The van der Waals surface area contributed by atoms with Crippen LogP contribution in [-0.2, 0) is 11.3 Å². The highest BCUT2D eigenvalue weighted by molar-refractivity contribution is 6.31. The van der Waals surface area contributed by atoms with Crippen molar-refractivity contribution < 1.29 is 9.53 Å². The summed E-state index contributed by atoms with van der Waals surface area (Å²) >= 11 is 6.11. The van der Waals surface area contributed by atoms with Crippen LogP contribution in [0.25, 0.3) is 0 Å². The first-order valence-electron chi connectivity index (χ1n) is 6.33. The average molecular weight is 285 g/mol. The van der Waals surface area contributed by atoms with Crippen molar-refractivity contribution in [2.75, 3.05) is 20.2 Å². The first-order chi connectivity index (χ1) is 9.04. The van der Waals surface area contributed by atoms with Gasteiger partial charge >= 0.3 is 0 Å². The third kappa shape index (κ3) is 5.49. The van der Waals surface area contributed by atoms with Gasteiger partial charge in [-0.15, -0.1) is 0 Å². The van der Waals surface area contributed by atoms with Gasteiger partial charge in [0.2, 0.25) is 5.91 Å².